The molecule has 0 amide bonds. The predicted molar refractivity (Wildman–Crippen MR) is 87.0 cm³/mol. The minimum Gasteiger partial charge on any atom is -0.492 e. The lowest BCUT2D eigenvalue weighted by molar-refractivity contribution is 0.313. The summed E-state index contributed by atoms with van der Waals surface area (Å²) >= 11 is 12.3. The van der Waals surface area contributed by atoms with Crippen molar-refractivity contribution < 1.29 is 4.74 Å². The summed E-state index contributed by atoms with van der Waals surface area (Å²) in [7, 11) is 0. The van der Waals surface area contributed by atoms with Crippen molar-refractivity contribution in [2.45, 2.75) is 26.4 Å². The molecular formula is C16H18Cl2N2O. The second-order valence-electron chi connectivity index (χ2n) is 4.65. The highest BCUT2D eigenvalue weighted by Crippen LogP contribution is 2.32. The lowest BCUT2D eigenvalue weighted by atomic mass is 10.2. The number of rotatable bonds is 7. The Morgan fingerprint density at radius 2 is 2.05 bits per heavy atom. The van der Waals surface area contributed by atoms with Gasteiger partial charge in [0.15, 0.2) is 0 Å². The Morgan fingerprint density at radius 3 is 2.76 bits per heavy atom. The molecule has 0 bridgehead atoms. The van der Waals surface area contributed by atoms with E-state index >= 15 is 0 Å². The molecule has 2 aromatic rings. The van der Waals surface area contributed by atoms with Gasteiger partial charge in [-0.25, -0.2) is 0 Å². The summed E-state index contributed by atoms with van der Waals surface area (Å²) in [5.74, 6) is 0.705. The Balaban J connectivity index is 2.04. The average molecular weight is 325 g/mol. The molecule has 1 aromatic heterocycles. The first kappa shape index (κ1) is 16.1. The SMILES string of the molecule is CCCOc1c(Cl)cc(Cl)cc1CNCc1ccccn1. The average Bonchev–Trinajstić information content (AvgIpc) is 2.47. The van der Waals surface area contributed by atoms with Crippen molar-refractivity contribution >= 4 is 23.2 Å². The van der Waals surface area contributed by atoms with Crippen molar-refractivity contribution in [2.24, 2.45) is 0 Å². The molecule has 112 valence electrons. The van der Waals surface area contributed by atoms with E-state index in [9.17, 15) is 0 Å². The summed E-state index contributed by atoms with van der Waals surface area (Å²) in [6, 6.07) is 9.43. The maximum absolute atomic E-state index is 6.22. The Hall–Kier alpha value is -1.29. The first-order valence-electron chi connectivity index (χ1n) is 6.92. The van der Waals surface area contributed by atoms with Crippen LogP contribution in [0.1, 0.15) is 24.6 Å². The Bertz CT molecular complexity index is 576. The molecule has 21 heavy (non-hydrogen) atoms. The van der Waals surface area contributed by atoms with Crippen LogP contribution in [0.3, 0.4) is 0 Å². The van der Waals surface area contributed by atoms with Gasteiger partial charge in [0, 0.05) is 29.9 Å². The van der Waals surface area contributed by atoms with Crippen LogP contribution in [0, 0.1) is 0 Å². The van der Waals surface area contributed by atoms with E-state index < -0.39 is 0 Å². The fourth-order valence-electron chi connectivity index (χ4n) is 1.94. The van der Waals surface area contributed by atoms with E-state index in [0.29, 0.717) is 35.5 Å². The molecule has 1 aromatic carbocycles. The summed E-state index contributed by atoms with van der Waals surface area (Å²) in [4.78, 5) is 4.27. The number of hydrogen-bond acceptors (Lipinski definition) is 3. The standard InChI is InChI=1S/C16H18Cl2N2O/c1-2-7-21-16-12(8-13(17)9-15(16)18)10-19-11-14-5-3-4-6-20-14/h3-6,8-9,19H,2,7,10-11H2,1H3. The first-order chi connectivity index (χ1) is 10.2. The van der Waals surface area contributed by atoms with Crippen LogP contribution in [0.5, 0.6) is 5.75 Å². The lowest BCUT2D eigenvalue weighted by Gasteiger charge is -2.14. The molecule has 0 atom stereocenters. The molecule has 0 fully saturated rings. The lowest BCUT2D eigenvalue weighted by Crippen LogP contribution is -2.14. The monoisotopic (exact) mass is 324 g/mol. The van der Waals surface area contributed by atoms with Crippen molar-refractivity contribution in [1.29, 1.82) is 0 Å². The molecule has 0 saturated heterocycles. The Kier molecular flexibility index (Phi) is 6.30. The molecule has 0 aliphatic carbocycles. The topological polar surface area (TPSA) is 34.1 Å². The van der Waals surface area contributed by atoms with E-state index in [1.807, 2.05) is 24.3 Å². The summed E-state index contributed by atoms with van der Waals surface area (Å²) < 4.78 is 5.73. The number of hydrogen-bond donors (Lipinski definition) is 1. The van der Waals surface area contributed by atoms with Gasteiger partial charge in [0.1, 0.15) is 5.75 Å². The highest BCUT2D eigenvalue weighted by Gasteiger charge is 2.10. The van der Waals surface area contributed by atoms with Gasteiger partial charge in [-0.1, -0.05) is 36.2 Å². The molecule has 0 unspecified atom stereocenters. The normalized spacial score (nSPS) is 10.6. The quantitative estimate of drug-likeness (QED) is 0.816. The van der Waals surface area contributed by atoms with Crippen LogP contribution in [0.2, 0.25) is 10.0 Å². The van der Waals surface area contributed by atoms with Crippen LogP contribution in [-0.4, -0.2) is 11.6 Å². The molecule has 0 aliphatic rings. The summed E-state index contributed by atoms with van der Waals surface area (Å²) in [5.41, 5.74) is 1.94. The van der Waals surface area contributed by atoms with E-state index in [-0.39, 0.29) is 0 Å². The van der Waals surface area contributed by atoms with Gasteiger partial charge in [-0.2, -0.15) is 0 Å². The third-order valence-electron chi connectivity index (χ3n) is 2.88. The van der Waals surface area contributed by atoms with Crippen LogP contribution in [0.15, 0.2) is 36.5 Å². The number of ether oxygens (including phenoxy) is 1. The molecule has 3 nitrogen and oxygen atoms in total. The number of nitrogens with zero attached hydrogens (tertiary/aromatic N) is 1. The van der Waals surface area contributed by atoms with Gasteiger partial charge in [-0.3, -0.25) is 4.98 Å². The largest absolute Gasteiger partial charge is 0.492 e. The van der Waals surface area contributed by atoms with Crippen molar-refractivity contribution in [2.75, 3.05) is 6.61 Å². The van der Waals surface area contributed by atoms with Gasteiger partial charge in [0.05, 0.1) is 17.3 Å². The molecule has 0 aliphatic heterocycles. The maximum atomic E-state index is 6.22. The number of nitrogens with one attached hydrogen (secondary N) is 1. The molecule has 0 spiro atoms. The number of benzene rings is 1. The summed E-state index contributed by atoms with van der Waals surface area (Å²) in [5, 5.41) is 4.49. The molecule has 0 radical (unpaired) electrons. The van der Waals surface area contributed by atoms with Gasteiger partial charge >= 0.3 is 0 Å². The third-order valence-corrected chi connectivity index (χ3v) is 3.38. The minimum atomic E-state index is 0.547. The van der Waals surface area contributed by atoms with Crippen LogP contribution < -0.4 is 10.1 Å². The Labute approximate surface area is 135 Å². The predicted octanol–water partition coefficient (Wildman–Crippen LogP) is 4.47. The van der Waals surface area contributed by atoms with Crippen molar-refractivity contribution in [3.63, 3.8) is 0 Å². The molecule has 0 saturated carbocycles. The molecular weight excluding hydrogens is 307 g/mol. The van der Waals surface area contributed by atoms with Crippen molar-refractivity contribution in [1.82, 2.24) is 10.3 Å². The van der Waals surface area contributed by atoms with Crippen molar-refractivity contribution in [3.05, 3.63) is 57.8 Å². The van der Waals surface area contributed by atoms with Gasteiger partial charge < -0.3 is 10.1 Å². The highest BCUT2D eigenvalue weighted by molar-refractivity contribution is 6.35. The molecule has 1 heterocycles. The Morgan fingerprint density at radius 1 is 1.19 bits per heavy atom. The van der Waals surface area contributed by atoms with E-state index in [2.05, 4.69) is 17.2 Å². The zero-order valence-corrected chi connectivity index (χ0v) is 13.4. The minimum absolute atomic E-state index is 0.547. The van der Waals surface area contributed by atoms with Crippen molar-refractivity contribution in [3.8, 4) is 5.75 Å². The third kappa shape index (κ3) is 4.88. The number of halogens is 2. The highest BCUT2D eigenvalue weighted by atomic mass is 35.5. The zero-order valence-electron chi connectivity index (χ0n) is 11.9. The van der Waals surface area contributed by atoms with Crippen LogP contribution in [0.4, 0.5) is 0 Å². The first-order valence-corrected chi connectivity index (χ1v) is 7.67. The van der Waals surface area contributed by atoms with E-state index in [1.165, 1.54) is 0 Å². The van der Waals surface area contributed by atoms with Crippen LogP contribution in [-0.2, 0) is 13.1 Å². The van der Waals surface area contributed by atoms with E-state index in [4.69, 9.17) is 27.9 Å². The van der Waals surface area contributed by atoms with E-state index in [0.717, 1.165) is 17.7 Å². The second-order valence-corrected chi connectivity index (χ2v) is 5.49. The summed E-state index contributed by atoms with van der Waals surface area (Å²) in [6.45, 7) is 3.99. The second kappa shape index (κ2) is 8.23. The summed E-state index contributed by atoms with van der Waals surface area (Å²) in [6.07, 6.45) is 2.71. The van der Waals surface area contributed by atoms with Gasteiger partial charge in [-0.15, -0.1) is 0 Å². The van der Waals surface area contributed by atoms with Crippen LogP contribution >= 0.6 is 23.2 Å². The maximum Gasteiger partial charge on any atom is 0.142 e. The fourth-order valence-corrected chi connectivity index (χ4v) is 2.53. The van der Waals surface area contributed by atoms with Gasteiger partial charge in [-0.05, 0) is 30.7 Å². The van der Waals surface area contributed by atoms with E-state index in [1.54, 1.807) is 12.3 Å². The molecule has 2 rings (SSSR count). The zero-order chi connectivity index (χ0) is 15.1. The number of pyridine rings is 1. The smallest absolute Gasteiger partial charge is 0.142 e. The molecule has 1 N–H and O–H groups in total. The van der Waals surface area contributed by atoms with Gasteiger partial charge in [0.2, 0.25) is 0 Å². The fraction of sp³-hybridized carbons (Fsp3) is 0.312. The number of aromatic nitrogens is 1. The molecule has 5 heteroatoms. The van der Waals surface area contributed by atoms with Crippen LogP contribution in [0.25, 0.3) is 0 Å². The van der Waals surface area contributed by atoms with Gasteiger partial charge in [0.25, 0.3) is 0 Å².